The summed E-state index contributed by atoms with van der Waals surface area (Å²) in [7, 11) is 1.83. The molecule has 0 bridgehead atoms. The van der Waals surface area contributed by atoms with E-state index in [9.17, 15) is 4.79 Å². The third-order valence-corrected chi connectivity index (χ3v) is 3.17. The third-order valence-electron chi connectivity index (χ3n) is 3.17. The van der Waals surface area contributed by atoms with Gasteiger partial charge in [0, 0.05) is 13.1 Å². The van der Waals surface area contributed by atoms with Crippen molar-refractivity contribution in [2.75, 3.05) is 5.32 Å². The van der Waals surface area contributed by atoms with Gasteiger partial charge in [-0.25, -0.2) is 0 Å². The van der Waals surface area contributed by atoms with Gasteiger partial charge in [-0.1, -0.05) is 34.1 Å². The summed E-state index contributed by atoms with van der Waals surface area (Å²) in [6.07, 6.45) is 2.40. The van der Waals surface area contributed by atoms with E-state index in [1.165, 1.54) is 0 Å². The Bertz CT molecular complexity index is 469. The Kier molecular flexibility index (Phi) is 4.97. The molecule has 0 aromatic carbocycles. The molecule has 0 fully saturated rings. The van der Waals surface area contributed by atoms with E-state index in [0.717, 1.165) is 18.5 Å². The summed E-state index contributed by atoms with van der Waals surface area (Å²) >= 11 is 0. The van der Waals surface area contributed by atoms with Crippen LogP contribution in [0.1, 0.15) is 53.2 Å². The number of hydrogen-bond acceptors (Lipinski definition) is 3. The topological polar surface area (TPSA) is 72.9 Å². The summed E-state index contributed by atoms with van der Waals surface area (Å²) in [4.78, 5) is 12.2. The molecule has 1 rings (SSSR count). The maximum atomic E-state index is 12.2. The van der Waals surface area contributed by atoms with Gasteiger partial charge >= 0.3 is 0 Å². The van der Waals surface area contributed by atoms with E-state index < -0.39 is 5.54 Å². The van der Waals surface area contributed by atoms with Crippen molar-refractivity contribution in [3.05, 3.63) is 11.8 Å². The minimum absolute atomic E-state index is 0.162. The smallest absolute Gasteiger partial charge is 0.245 e. The molecule has 1 unspecified atom stereocenters. The van der Waals surface area contributed by atoms with Crippen LogP contribution in [0, 0.1) is 5.41 Å². The molecule has 1 aromatic rings. The van der Waals surface area contributed by atoms with Crippen LogP contribution in [0.5, 0.6) is 0 Å². The first-order chi connectivity index (χ1) is 9.05. The molecule has 0 radical (unpaired) electrons. The molecule has 1 heterocycles. The average molecular weight is 280 g/mol. The van der Waals surface area contributed by atoms with E-state index in [1.807, 2.05) is 20.0 Å². The molecule has 0 aliphatic carbocycles. The monoisotopic (exact) mass is 280 g/mol. The van der Waals surface area contributed by atoms with Crippen LogP contribution in [0.3, 0.4) is 0 Å². The molecule has 5 heteroatoms. The maximum Gasteiger partial charge on any atom is 0.245 e. The molecule has 114 valence electrons. The zero-order valence-corrected chi connectivity index (χ0v) is 13.6. The second kappa shape index (κ2) is 5.95. The molecule has 0 saturated heterocycles. The summed E-state index contributed by atoms with van der Waals surface area (Å²) in [6, 6.07) is 1.92. The Labute approximate surface area is 121 Å². The van der Waals surface area contributed by atoms with Crippen molar-refractivity contribution in [2.45, 2.75) is 59.4 Å². The summed E-state index contributed by atoms with van der Waals surface area (Å²) in [5.74, 6) is 0.534. The fourth-order valence-electron chi connectivity index (χ4n) is 2.17. The van der Waals surface area contributed by atoms with E-state index >= 15 is 0 Å². The maximum absolute atomic E-state index is 12.2. The molecule has 0 aliphatic heterocycles. The average Bonchev–Trinajstić information content (AvgIpc) is 2.56. The summed E-state index contributed by atoms with van der Waals surface area (Å²) in [5.41, 5.74) is 6.33. The lowest BCUT2D eigenvalue weighted by atomic mass is 9.91. The SMILES string of the molecule is CCCC(C)(N)C(=O)Nc1cc(CC(C)(C)C)nn1C. The molecule has 20 heavy (non-hydrogen) atoms. The van der Waals surface area contributed by atoms with Crippen LogP contribution in [0.2, 0.25) is 0 Å². The molecule has 3 N–H and O–H groups in total. The number of carbonyl (C=O) groups excluding carboxylic acids is 1. The molecular weight excluding hydrogens is 252 g/mol. The van der Waals surface area contributed by atoms with Gasteiger partial charge in [0.05, 0.1) is 11.2 Å². The minimum atomic E-state index is -0.844. The number of aromatic nitrogens is 2. The van der Waals surface area contributed by atoms with E-state index in [2.05, 4.69) is 31.2 Å². The summed E-state index contributed by atoms with van der Waals surface area (Å²) in [6.45, 7) is 10.3. The van der Waals surface area contributed by atoms with Crippen LogP contribution in [0.15, 0.2) is 6.07 Å². The van der Waals surface area contributed by atoms with Gasteiger partial charge in [-0.2, -0.15) is 5.10 Å². The Morgan fingerprint density at radius 1 is 1.40 bits per heavy atom. The van der Waals surface area contributed by atoms with Gasteiger partial charge in [-0.15, -0.1) is 0 Å². The highest BCUT2D eigenvalue weighted by Crippen LogP contribution is 2.22. The quantitative estimate of drug-likeness (QED) is 0.870. The Hall–Kier alpha value is -1.36. The first-order valence-corrected chi connectivity index (χ1v) is 7.18. The highest BCUT2D eigenvalue weighted by atomic mass is 16.2. The predicted octanol–water partition coefficient (Wildman–Crippen LogP) is 2.46. The zero-order chi connectivity index (χ0) is 15.6. The summed E-state index contributed by atoms with van der Waals surface area (Å²) in [5, 5.41) is 7.32. The Morgan fingerprint density at radius 3 is 2.50 bits per heavy atom. The number of aryl methyl sites for hydroxylation is 1. The number of rotatable bonds is 5. The molecular formula is C15H28N4O. The van der Waals surface area contributed by atoms with Crippen LogP contribution >= 0.6 is 0 Å². The highest BCUT2D eigenvalue weighted by Gasteiger charge is 2.28. The van der Waals surface area contributed by atoms with E-state index in [4.69, 9.17) is 5.73 Å². The fourth-order valence-corrected chi connectivity index (χ4v) is 2.17. The van der Waals surface area contributed by atoms with E-state index in [-0.39, 0.29) is 11.3 Å². The molecule has 1 amide bonds. The fraction of sp³-hybridized carbons (Fsp3) is 0.733. The predicted molar refractivity (Wildman–Crippen MR) is 82.5 cm³/mol. The van der Waals surface area contributed by atoms with E-state index in [1.54, 1.807) is 11.6 Å². The van der Waals surface area contributed by atoms with Crippen molar-refractivity contribution in [1.29, 1.82) is 0 Å². The molecule has 1 atom stereocenters. The number of carbonyl (C=O) groups is 1. The van der Waals surface area contributed by atoms with Crippen LogP contribution in [-0.4, -0.2) is 21.2 Å². The van der Waals surface area contributed by atoms with Gasteiger partial charge in [0.2, 0.25) is 5.91 Å². The second-order valence-electron chi connectivity index (χ2n) is 7.00. The lowest BCUT2D eigenvalue weighted by Crippen LogP contribution is -2.48. The van der Waals surface area contributed by atoms with Crippen molar-refractivity contribution in [2.24, 2.45) is 18.2 Å². The van der Waals surface area contributed by atoms with Crippen molar-refractivity contribution in [3.63, 3.8) is 0 Å². The van der Waals surface area contributed by atoms with Crippen molar-refractivity contribution < 1.29 is 4.79 Å². The van der Waals surface area contributed by atoms with Gasteiger partial charge in [0.15, 0.2) is 0 Å². The number of hydrogen-bond donors (Lipinski definition) is 2. The number of nitrogens with one attached hydrogen (secondary N) is 1. The first-order valence-electron chi connectivity index (χ1n) is 7.18. The standard InChI is InChI=1S/C15H28N4O/c1-7-8-15(5,16)13(20)17-12-9-11(18-19(12)6)10-14(2,3)4/h9H,7-8,10,16H2,1-6H3,(H,17,20). The number of nitrogens with two attached hydrogens (primary N) is 1. The van der Waals surface area contributed by atoms with Crippen LogP contribution in [-0.2, 0) is 18.3 Å². The van der Waals surface area contributed by atoms with Crippen LogP contribution in [0.25, 0.3) is 0 Å². The molecule has 5 nitrogen and oxygen atoms in total. The molecule has 0 saturated carbocycles. The Morgan fingerprint density at radius 2 is 2.00 bits per heavy atom. The van der Waals surface area contributed by atoms with Gasteiger partial charge in [-0.05, 0) is 25.2 Å². The third kappa shape index (κ3) is 4.63. The Balaban J connectivity index is 2.81. The number of nitrogens with zero attached hydrogens (tertiary/aromatic N) is 2. The number of amides is 1. The zero-order valence-electron chi connectivity index (χ0n) is 13.6. The lowest BCUT2D eigenvalue weighted by Gasteiger charge is -2.22. The summed E-state index contributed by atoms with van der Waals surface area (Å²) < 4.78 is 1.70. The van der Waals surface area contributed by atoms with Gasteiger partial charge < -0.3 is 11.1 Å². The molecule has 0 aliphatic rings. The van der Waals surface area contributed by atoms with Gasteiger partial charge in [-0.3, -0.25) is 9.48 Å². The minimum Gasteiger partial charge on any atom is -0.318 e. The van der Waals surface area contributed by atoms with Crippen LogP contribution < -0.4 is 11.1 Å². The van der Waals surface area contributed by atoms with Crippen molar-refractivity contribution in [1.82, 2.24) is 9.78 Å². The lowest BCUT2D eigenvalue weighted by molar-refractivity contribution is -0.120. The highest BCUT2D eigenvalue weighted by molar-refractivity contribution is 5.97. The van der Waals surface area contributed by atoms with Crippen LogP contribution in [0.4, 0.5) is 5.82 Å². The number of anilines is 1. The van der Waals surface area contributed by atoms with Gasteiger partial charge in [0.1, 0.15) is 5.82 Å². The molecule has 1 aromatic heterocycles. The van der Waals surface area contributed by atoms with Gasteiger partial charge in [0.25, 0.3) is 0 Å². The largest absolute Gasteiger partial charge is 0.318 e. The first kappa shape index (κ1) is 16.7. The molecule has 0 spiro atoms. The second-order valence-corrected chi connectivity index (χ2v) is 7.00. The normalized spacial score (nSPS) is 14.9. The van der Waals surface area contributed by atoms with Crippen molar-refractivity contribution >= 4 is 11.7 Å². The van der Waals surface area contributed by atoms with Crippen molar-refractivity contribution in [3.8, 4) is 0 Å². The van der Waals surface area contributed by atoms with E-state index in [0.29, 0.717) is 12.2 Å².